The quantitative estimate of drug-likeness (QED) is 0.653. The van der Waals surface area contributed by atoms with Crippen molar-refractivity contribution in [1.82, 2.24) is 5.32 Å². The number of amides is 1. The molecule has 0 fully saturated rings. The van der Waals surface area contributed by atoms with Crippen LogP contribution in [-0.2, 0) is 0 Å². The molecule has 2 nitrogen and oxygen atoms in total. The van der Waals surface area contributed by atoms with Crippen LogP contribution in [-0.4, -0.2) is 17.3 Å². The maximum atomic E-state index is 11.9. The van der Waals surface area contributed by atoms with E-state index in [9.17, 15) is 4.79 Å². The van der Waals surface area contributed by atoms with Crippen LogP contribution in [0.2, 0.25) is 0 Å². The second-order valence-electron chi connectivity index (χ2n) is 4.29. The van der Waals surface area contributed by atoms with Crippen LogP contribution in [0, 0.1) is 3.57 Å². The highest BCUT2D eigenvalue weighted by atomic mass is 127. The standard InChI is InChI=1S/C12H15ClINO/c1-12(2,6-7-13)15-11(16)9-4-3-5-10(14)8-9/h3-5,8H,6-7H2,1-2H3,(H,15,16). The highest BCUT2D eigenvalue weighted by molar-refractivity contribution is 14.1. The number of hydrogen-bond acceptors (Lipinski definition) is 1. The van der Waals surface area contributed by atoms with Gasteiger partial charge in [0.1, 0.15) is 0 Å². The molecule has 4 heteroatoms. The lowest BCUT2D eigenvalue weighted by atomic mass is 10.0. The summed E-state index contributed by atoms with van der Waals surface area (Å²) in [6.07, 6.45) is 0.754. The van der Waals surface area contributed by atoms with Gasteiger partial charge in [0.05, 0.1) is 0 Å². The molecule has 0 aliphatic carbocycles. The molecule has 0 radical (unpaired) electrons. The molecule has 0 heterocycles. The normalized spacial score (nSPS) is 11.2. The molecule has 1 aromatic carbocycles. The highest BCUT2D eigenvalue weighted by Gasteiger charge is 2.20. The SMILES string of the molecule is CC(C)(CCCl)NC(=O)c1cccc(I)c1. The molecule has 1 amide bonds. The Morgan fingerprint density at radius 3 is 2.75 bits per heavy atom. The third-order valence-electron chi connectivity index (χ3n) is 2.26. The van der Waals surface area contributed by atoms with Crippen molar-refractivity contribution in [2.45, 2.75) is 25.8 Å². The van der Waals surface area contributed by atoms with Gasteiger partial charge in [-0.1, -0.05) is 6.07 Å². The molecule has 0 unspecified atom stereocenters. The molecule has 1 aromatic rings. The summed E-state index contributed by atoms with van der Waals surface area (Å²) < 4.78 is 1.06. The lowest BCUT2D eigenvalue weighted by Gasteiger charge is -2.25. The van der Waals surface area contributed by atoms with Crippen molar-refractivity contribution >= 4 is 40.1 Å². The molecule has 0 bridgehead atoms. The summed E-state index contributed by atoms with van der Waals surface area (Å²) in [6, 6.07) is 7.52. The molecule has 1 rings (SSSR count). The smallest absolute Gasteiger partial charge is 0.251 e. The van der Waals surface area contributed by atoms with Crippen molar-refractivity contribution in [2.75, 3.05) is 5.88 Å². The maximum absolute atomic E-state index is 11.9. The minimum Gasteiger partial charge on any atom is -0.347 e. The maximum Gasteiger partial charge on any atom is 0.251 e. The molecule has 0 aromatic heterocycles. The first kappa shape index (κ1) is 13.8. The van der Waals surface area contributed by atoms with Crippen LogP contribution in [0.25, 0.3) is 0 Å². The van der Waals surface area contributed by atoms with Gasteiger partial charge in [-0.05, 0) is 61.1 Å². The van der Waals surface area contributed by atoms with E-state index in [0.717, 1.165) is 9.99 Å². The van der Waals surface area contributed by atoms with Gasteiger partial charge in [0.2, 0.25) is 0 Å². The van der Waals surface area contributed by atoms with E-state index in [0.29, 0.717) is 11.4 Å². The van der Waals surface area contributed by atoms with Gasteiger partial charge in [-0.2, -0.15) is 0 Å². The Hall–Kier alpha value is -0.290. The predicted octanol–water partition coefficient (Wildman–Crippen LogP) is 3.43. The van der Waals surface area contributed by atoms with E-state index in [1.807, 2.05) is 38.1 Å². The number of alkyl halides is 1. The van der Waals surface area contributed by atoms with Crippen LogP contribution < -0.4 is 5.32 Å². The molecule has 88 valence electrons. The minimum atomic E-state index is -0.264. The van der Waals surface area contributed by atoms with Gasteiger partial charge >= 0.3 is 0 Å². The number of hydrogen-bond donors (Lipinski definition) is 1. The Balaban J connectivity index is 2.72. The van der Waals surface area contributed by atoms with Crippen LogP contribution >= 0.6 is 34.2 Å². The zero-order chi connectivity index (χ0) is 12.2. The molecule has 0 saturated heterocycles. The topological polar surface area (TPSA) is 29.1 Å². The van der Waals surface area contributed by atoms with Crippen LogP contribution in [0.5, 0.6) is 0 Å². The fourth-order valence-electron chi connectivity index (χ4n) is 1.31. The average molecular weight is 352 g/mol. The zero-order valence-electron chi connectivity index (χ0n) is 9.39. The van der Waals surface area contributed by atoms with Crippen molar-refractivity contribution < 1.29 is 4.79 Å². The monoisotopic (exact) mass is 351 g/mol. The second-order valence-corrected chi connectivity index (χ2v) is 5.91. The summed E-state index contributed by atoms with van der Waals surface area (Å²) in [6.45, 7) is 3.95. The first-order valence-corrected chi connectivity index (χ1v) is 6.70. The number of rotatable bonds is 4. The van der Waals surface area contributed by atoms with E-state index < -0.39 is 0 Å². The number of benzene rings is 1. The summed E-state index contributed by atoms with van der Waals surface area (Å²) in [5.74, 6) is 0.494. The molecule has 0 saturated carbocycles. The lowest BCUT2D eigenvalue weighted by molar-refractivity contribution is 0.0911. The van der Waals surface area contributed by atoms with E-state index in [4.69, 9.17) is 11.6 Å². The van der Waals surface area contributed by atoms with Crippen LogP contribution in [0.1, 0.15) is 30.6 Å². The Morgan fingerprint density at radius 1 is 1.50 bits per heavy atom. The van der Waals surface area contributed by atoms with E-state index in [1.165, 1.54) is 0 Å². The summed E-state index contributed by atoms with van der Waals surface area (Å²) in [5, 5.41) is 2.97. The summed E-state index contributed by atoms with van der Waals surface area (Å²) in [4.78, 5) is 11.9. The van der Waals surface area contributed by atoms with Crippen molar-refractivity contribution in [3.8, 4) is 0 Å². The van der Waals surface area contributed by atoms with Gasteiger partial charge in [-0.3, -0.25) is 4.79 Å². The van der Waals surface area contributed by atoms with Crippen LogP contribution in [0.3, 0.4) is 0 Å². The van der Waals surface area contributed by atoms with Gasteiger partial charge in [-0.15, -0.1) is 11.6 Å². The molecule has 1 N–H and O–H groups in total. The molecule has 0 spiro atoms. The van der Waals surface area contributed by atoms with Crippen molar-refractivity contribution in [3.05, 3.63) is 33.4 Å². The number of halogens is 2. The summed E-state index contributed by atoms with van der Waals surface area (Å²) in [5.41, 5.74) is 0.426. The molecular formula is C12H15ClINO. The first-order chi connectivity index (χ1) is 7.44. The minimum absolute atomic E-state index is 0.0476. The van der Waals surface area contributed by atoms with Gasteiger partial charge in [0.25, 0.3) is 5.91 Å². The third-order valence-corrected chi connectivity index (χ3v) is 3.12. The van der Waals surface area contributed by atoms with Crippen molar-refractivity contribution in [3.63, 3.8) is 0 Å². The van der Waals surface area contributed by atoms with Crippen LogP contribution in [0.4, 0.5) is 0 Å². The lowest BCUT2D eigenvalue weighted by Crippen LogP contribution is -2.43. The second kappa shape index (κ2) is 5.87. The third kappa shape index (κ3) is 4.29. The largest absolute Gasteiger partial charge is 0.347 e. The fourth-order valence-corrected chi connectivity index (χ4v) is 2.32. The zero-order valence-corrected chi connectivity index (χ0v) is 12.3. The van der Waals surface area contributed by atoms with E-state index in [-0.39, 0.29) is 11.4 Å². The predicted molar refractivity (Wildman–Crippen MR) is 76.0 cm³/mol. The molecule has 0 aliphatic rings. The number of carbonyl (C=O) groups excluding carboxylic acids is 1. The van der Waals surface area contributed by atoms with E-state index in [1.54, 1.807) is 0 Å². The highest BCUT2D eigenvalue weighted by Crippen LogP contribution is 2.12. The molecule has 0 atom stereocenters. The van der Waals surface area contributed by atoms with Crippen LogP contribution in [0.15, 0.2) is 24.3 Å². The Morgan fingerprint density at radius 2 is 2.19 bits per heavy atom. The van der Waals surface area contributed by atoms with Crippen molar-refractivity contribution in [2.24, 2.45) is 0 Å². The van der Waals surface area contributed by atoms with Crippen molar-refractivity contribution in [1.29, 1.82) is 0 Å². The van der Waals surface area contributed by atoms with E-state index in [2.05, 4.69) is 27.9 Å². The molecule has 0 aliphatic heterocycles. The van der Waals surface area contributed by atoms with Gasteiger partial charge in [0.15, 0.2) is 0 Å². The van der Waals surface area contributed by atoms with Gasteiger partial charge < -0.3 is 5.32 Å². The Kier molecular flexibility index (Phi) is 5.05. The Labute approximate surface area is 115 Å². The van der Waals surface area contributed by atoms with E-state index >= 15 is 0 Å². The van der Waals surface area contributed by atoms with Gasteiger partial charge in [0, 0.05) is 20.6 Å². The summed E-state index contributed by atoms with van der Waals surface area (Å²) in [7, 11) is 0. The average Bonchev–Trinajstić information content (AvgIpc) is 2.16. The number of carbonyl (C=O) groups is 1. The summed E-state index contributed by atoms with van der Waals surface area (Å²) >= 11 is 7.88. The first-order valence-electron chi connectivity index (χ1n) is 5.09. The Bertz CT molecular complexity index is 379. The fraction of sp³-hybridized carbons (Fsp3) is 0.417. The number of nitrogens with one attached hydrogen (secondary N) is 1. The molecule has 16 heavy (non-hydrogen) atoms. The molecular weight excluding hydrogens is 336 g/mol. The van der Waals surface area contributed by atoms with Gasteiger partial charge in [-0.25, -0.2) is 0 Å².